The average Bonchev–Trinajstić information content (AvgIpc) is 3.33. The first-order valence-electron chi connectivity index (χ1n) is 10.8. The van der Waals surface area contributed by atoms with Crippen LogP contribution in [0.2, 0.25) is 0 Å². The number of aliphatic carboxylic acids is 1. The van der Waals surface area contributed by atoms with Crippen LogP contribution >= 0.6 is 12.6 Å². The Bertz CT molecular complexity index is 988. The van der Waals surface area contributed by atoms with Crippen molar-refractivity contribution >= 4 is 36.3 Å². The molecule has 0 aliphatic heterocycles. The molecule has 190 valence electrons. The molecule has 2 aromatic rings. The molecular weight excluding hydrogens is 476 g/mol. The second kappa shape index (κ2) is 13.5. The highest BCUT2D eigenvalue weighted by Crippen LogP contribution is 2.05. The number of H-pyrrole nitrogens is 1. The Morgan fingerprint density at radius 3 is 2.23 bits per heavy atom. The summed E-state index contributed by atoms with van der Waals surface area (Å²) < 4.78 is 0. The summed E-state index contributed by atoms with van der Waals surface area (Å²) in [5.41, 5.74) is 7.19. The van der Waals surface area contributed by atoms with E-state index in [0.717, 1.165) is 0 Å². The Morgan fingerprint density at radius 2 is 1.69 bits per heavy atom. The van der Waals surface area contributed by atoms with Crippen molar-refractivity contribution in [3.05, 3.63) is 54.1 Å². The molecule has 0 radical (unpaired) electrons. The molecule has 5 unspecified atom stereocenters. The van der Waals surface area contributed by atoms with Gasteiger partial charge in [-0.2, -0.15) is 12.6 Å². The van der Waals surface area contributed by atoms with Crippen molar-refractivity contribution < 1.29 is 29.4 Å². The van der Waals surface area contributed by atoms with E-state index in [4.69, 9.17) is 5.73 Å². The topological polar surface area (TPSA) is 200 Å². The molecule has 1 heterocycles. The number of aromatic amines is 1. The van der Waals surface area contributed by atoms with Crippen molar-refractivity contribution in [2.75, 3.05) is 5.75 Å². The summed E-state index contributed by atoms with van der Waals surface area (Å²) in [5, 5.41) is 26.7. The highest BCUT2D eigenvalue weighted by Gasteiger charge is 2.32. The van der Waals surface area contributed by atoms with Crippen molar-refractivity contribution in [2.45, 2.75) is 50.0 Å². The zero-order valence-corrected chi connectivity index (χ0v) is 19.9. The zero-order valence-electron chi connectivity index (χ0n) is 19.0. The number of aliphatic hydroxyl groups is 1. The lowest BCUT2D eigenvalue weighted by molar-refractivity contribution is -0.142. The summed E-state index contributed by atoms with van der Waals surface area (Å²) in [4.78, 5) is 56.2. The number of hydrogen-bond acceptors (Lipinski definition) is 8. The van der Waals surface area contributed by atoms with E-state index in [2.05, 4.69) is 38.5 Å². The smallest absolute Gasteiger partial charge is 0.326 e. The number of carbonyl (C=O) groups excluding carboxylic acids is 3. The summed E-state index contributed by atoms with van der Waals surface area (Å²) in [5.74, 6) is -3.72. The van der Waals surface area contributed by atoms with Crippen LogP contribution in [0.15, 0.2) is 42.9 Å². The van der Waals surface area contributed by atoms with Gasteiger partial charge < -0.3 is 36.9 Å². The predicted octanol–water partition coefficient (Wildman–Crippen LogP) is -1.63. The number of imidazole rings is 1. The van der Waals surface area contributed by atoms with Gasteiger partial charge in [-0.05, 0) is 12.5 Å². The molecule has 2 rings (SSSR count). The van der Waals surface area contributed by atoms with Gasteiger partial charge in [0.1, 0.15) is 18.1 Å². The number of aliphatic hydroxyl groups excluding tert-OH is 1. The number of nitrogens with zero attached hydrogens (tertiary/aromatic N) is 1. The largest absolute Gasteiger partial charge is 0.480 e. The van der Waals surface area contributed by atoms with E-state index in [1.165, 1.54) is 19.4 Å². The molecule has 0 aliphatic rings. The van der Waals surface area contributed by atoms with Crippen molar-refractivity contribution in [2.24, 2.45) is 5.73 Å². The fourth-order valence-electron chi connectivity index (χ4n) is 3.17. The van der Waals surface area contributed by atoms with E-state index in [1.807, 2.05) is 0 Å². The lowest BCUT2D eigenvalue weighted by Crippen LogP contribution is -2.60. The standard InChI is InChI=1S/C22H30N6O6S/c1-12(29)18(28-19(30)15(23)8-14-9-24-11-25-14)21(32)27-17(10-35)20(31)26-16(22(33)34)7-13-5-3-2-4-6-13/h2-6,9,11-12,15-18,29,35H,7-8,10,23H2,1H3,(H,24,25)(H,26,31)(H,27,32)(H,28,30)(H,33,34). The van der Waals surface area contributed by atoms with Gasteiger partial charge in [-0.15, -0.1) is 0 Å². The van der Waals surface area contributed by atoms with Crippen LogP contribution in [0.4, 0.5) is 0 Å². The number of hydrogen-bond donors (Lipinski definition) is 8. The quantitative estimate of drug-likeness (QED) is 0.148. The van der Waals surface area contributed by atoms with Crippen molar-refractivity contribution in [1.29, 1.82) is 0 Å². The number of thiol groups is 1. The SMILES string of the molecule is CC(O)C(NC(=O)C(N)Cc1cnc[nH]1)C(=O)NC(CS)C(=O)NC(Cc1ccccc1)C(=O)O. The number of carboxylic acid groups (broad SMARTS) is 1. The fourth-order valence-corrected chi connectivity index (χ4v) is 3.43. The van der Waals surface area contributed by atoms with E-state index < -0.39 is 54.0 Å². The third kappa shape index (κ3) is 8.70. The number of nitrogens with one attached hydrogen (secondary N) is 4. The Hall–Kier alpha value is -3.42. The highest BCUT2D eigenvalue weighted by molar-refractivity contribution is 7.80. The molecule has 0 aliphatic carbocycles. The van der Waals surface area contributed by atoms with Gasteiger partial charge in [-0.3, -0.25) is 14.4 Å². The molecule has 0 bridgehead atoms. The zero-order chi connectivity index (χ0) is 26.0. The van der Waals surface area contributed by atoms with Crippen LogP contribution in [0.25, 0.3) is 0 Å². The second-order valence-corrected chi connectivity index (χ2v) is 8.31. The molecule has 0 fully saturated rings. The minimum Gasteiger partial charge on any atom is -0.480 e. The number of rotatable bonds is 13. The van der Waals surface area contributed by atoms with Gasteiger partial charge in [0.05, 0.1) is 18.5 Å². The fraction of sp³-hybridized carbons (Fsp3) is 0.409. The molecular formula is C22H30N6O6S. The lowest BCUT2D eigenvalue weighted by Gasteiger charge is -2.25. The van der Waals surface area contributed by atoms with E-state index >= 15 is 0 Å². The van der Waals surface area contributed by atoms with Gasteiger partial charge in [-0.25, -0.2) is 9.78 Å². The van der Waals surface area contributed by atoms with Gasteiger partial charge in [0, 0.05) is 30.5 Å². The summed E-state index contributed by atoms with van der Waals surface area (Å²) in [7, 11) is 0. The van der Waals surface area contributed by atoms with E-state index in [-0.39, 0.29) is 18.6 Å². The van der Waals surface area contributed by atoms with Gasteiger partial charge in [-0.1, -0.05) is 30.3 Å². The third-order valence-corrected chi connectivity index (χ3v) is 5.47. The van der Waals surface area contributed by atoms with Crippen LogP contribution in [0.5, 0.6) is 0 Å². The maximum atomic E-state index is 12.8. The third-order valence-electron chi connectivity index (χ3n) is 5.11. The summed E-state index contributed by atoms with van der Waals surface area (Å²) >= 11 is 4.07. The Balaban J connectivity index is 2.00. The van der Waals surface area contributed by atoms with Gasteiger partial charge in [0.15, 0.2) is 0 Å². The molecule has 3 amide bonds. The number of nitrogens with two attached hydrogens (primary N) is 1. The van der Waals surface area contributed by atoms with Crippen LogP contribution in [-0.4, -0.2) is 79.9 Å². The second-order valence-electron chi connectivity index (χ2n) is 7.95. The molecule has 12 nitrogen and oxygen atoms in total. The number of carboxylic acids is 1. The first kappa shape index (κ1) is 27.8. The maximum absolute atomic E-state index is 12.8. The molecule has 1 aromatic carbocycles. The molecule has 13 heteroatoms. The van der Waals surface area contributed by atoms with Crippen molar-refractivity contribution in [1.82, 2.24) is 25.9 Å². The first-order chi connectivity index (χ1) is 16.6. The number of benzene rings is 1. The number of carbonyl (C=O) groups is 4. The molecule has 0 saturated carbocycles. The summed E-state index contributed by atoms with van der Waals surface area (Å²) in [6, 6.07) is 3.84. The van der Waals surface area contributed by atoms with E-state index in [0.29, 0.717) is 11.3 Å². The number of amides is 3. The lowest BCUT2D eigenvalue weighted by atomic mass is 10.1. The molecule has 35 heavy (non-hydrogen) atoms. The average molecular weight is 507 g/mol. The maximum Gasteiger partial charge on any atom is 0.326 e. The minimum atomic E-state index is -1.41. The summed E-state index contributed by atoms with van der Waals surface area (Å²) in [6.07, 6.45) is 1.79. The van der Waals surface area contributed by atoms with Gasteiger partial charge >= 0.3 is 5.97 Å². The van der Waals surface area contributed by atoms with Crippen molar-refractivity contribution in [3.8, 4) is 0 Å². The van der Waals surface area contributed by atoms with E-state index in [9.17, 15) is 29.4 Å². The molecule has 1 aromatic heterocycles. The van der Waals surface area contributed by atoms with Crippen LogP contribution in [-0.2, 0) is 32.0 Å². The first-order valence-corrected chi connectivity index (χ1v) is 11.4. The number of aromatic nitrogens is 2. The Labute approximate surface area is 207 Å². The van der Waals surface area contributed by atoms with Crippen LogP contribution in [0.1, 0.15) is 18.2 Å². The minimum absolute atomic E-state index is 0.0374. The monoisotopic (exact) mass is 506 g/mol. The molecule has 0 saturated heterocycles. The molecule has 0 spiro atoms. The highest BCUT2D eigenvalue weighted by atomic mass is 32.1. The Morgan fingerprint density at radius 1 is 1.03 bits per heavy atom. The molecule has 8 N–H and O–H groups in total. The van der Waals surface area contributed by atoms with Gasteiger partial charge in [0.25, 0.3) is 0 Å². The Kier molecular flexibility index (Phi) is 10.7. The van der Waals surface area contributed by atoms with E-state index in [1.54, 1.807) is 30.3 Å². The van der Waals surface area contributed by atoms with Crippen LogP contribution < -0.4 is 21.7 Å². The van der Waals surface area contributed by atoms with Crippen LogP contribution in [0.3, 0.4) is 0 Å². The normalized spacial score (nSPS) is 15.2. The summed E-state index contributed by atoms with van der Waals surface area (Å²) in [6.45, 7) is 1.29. The molecule has 5 atom stereocenters. The predicted molar refractivity (Wildman–Crippen MR) is 129 cm³/mol. The van der Waals surface area contributed by atoms with Crippen molar-refractivity contribution in [3.63, 3.8) is 0 Å². The van der Waals surface area contributed by atoms with Gasteiger partial charge in [0.2, 0.25) is 17.7 Å². The van der Waals surface area contributed by atoms with Crippen LogP contribution in [0, 0.1) is 0 Å².